The van der Waals surface area contributed by atoms with Gasteiger partial charge in [-0.25, -0.2) is 0 Å². The zero-order chi connectivity index (χ0) is 14.2. The third-order valence-electron chi connectivity index (χ3n) is 3.41. The van der Waals surface area contributed by atoms with Crippen molar-refractivity contribution in [1.82, 2.24) is 4.90 Å². The number of nitrogens with zero attached hydrogens (tertiary/aromatic N) is 1. The summed E-state index contributed by atoms with van der Waals surface area (Å²) in [5, 5.41) is 0. The van der Waals surface area contributed by atoms with Gasteiger partial charge in [-0.05, 0) is 24.1 Å². The Morgan fingerprint density at radius 1 is 1.25 bits per heavy atom. The molecular formula is C16H23NO2S. The summed E-state index contributed by atoms with van der Waals surface area (Å²) in [5.74, 6) is 0.944. The van der Waals surface area contributed by atoms with Crippen molar-refractivity contribution in [3.63, 3.8) is 0 Å². The number of ether oxygens (including phenoxy) is 2. The molecule has 0 aliphatic carbocycles. The van der Waals surface area contributed by atoms with Gasteiger partial charge in [0.15, 0.2) is 0 Å². The van der Waals surface area contributed by atoms with Crippen LogP contribution in [0.15, 0.2) is 24.3 Å². The lowest BCUT2D eigenvalue weighted by atomic mass is 10.1. The zero-order valence-electron chi connectivity index (χ0n) is 12.1. The van der Waals surface area contributed by atoms with Gasteiger partial charge in [0.25, 0.3) is 0 Å². The van der Waals surface area contributed by atoms with Gasteiger partial charge in [-0.2, -0.15) is 0 Å². The first kappa shape index (κ1) is 15.3. The maximum Gasteiger partial charge on any atom is 0.119 e. The standard InChI is InChI=1S/C16H23NO2S/c1-2-3-10-19-15-6-4-14(5-7-15)13-16(20)17-8-11-18-12-9-17/h4-7H,2-3,8-13H2,1H3. The zero-order valence-corrected chi connectivity index (χ0v) is 13.0. The van der Waals surface area contributed by atoms with E-state index >= 15 is 0 Å². The molecule has 0 amide bonds. The molecule has 1 aliphatic heterocycles. The van der Waals surface area contributed by atoms with Gasteiger partial charge in [0.2, 0.25) is 0 Å². The van der Waals surface area contributed by atoms with Crippen molar-refractivity contribution in [3.8, 4) is 5.75 Å². The van der Waals surface area contributed by atoms with Crippen LogP contribution in [-0.4, -0.2) is 42.8 Å². The average molecular weight is 293 g/mol. The summed E-state index contributed by atoms with van der Waals surface area (Å²) in [5.41, 5.74) is 1.24. The van der Waals surface area contributed by atoms with Gasteiger partial charge in [0.1, 0.15) is 5.75 Å². The van der Waals surface area contributed by atoms with Crippen LogP contribution in [0, 0.1) is 0 Å². The highest BCUT2D eigenvalue weighted by Crippen LogP contribution is 2.14. The molecule has 0 N–H and O–H groups in total. The number of hydrogen-bond acceptors (Lipinski definition) is 3. The molecule has 3 nitrogen and oxygen atoms in total. The molecular weight excluding hydrogens is 270 g/mol. The highest BCUT2D eigenvalue weighted by molar-refractivity contribution is 7.80. The Kier molecular flexibility index (Phi) is 6.27. The monoisotopic (exact) mass is 293 g/mol. The van der Waals surface area contributed by atoms with Gasteiger partial charge < -0.3 is 14.4 Å². The molecule has 2 rings (SSSR count). The second-order valence-corrected chi connectivity index (χ2v) is 5.49. The molecule has 4 heteroatoms. The summed E-state index contributed by atoms with van der Waals surface area (Å²) in [6.45, 7) is 6.35. The molecule has 0 unspecified atom stereocenters. The van der Waals surface area contributed by atoms with E-state index < -0.39 is 0 Å². The Morgan fingerprint density at radius 2 is 1.95 bits per heavy atom. The molecule has 1 aromatic carbocycles. The average Bonchev–Trinajstić information content (AvgIpc) is 2.50. The first-order chi connectivity index (χ1) is 9.79. The van der Waals surface area contributed by atoms with Crippen LogP contribution in [-0.2, 0) is 11.2 Å². The molecule has 1 heterocycles. The second-order valence-electron chi connectivity index (χ2n) is 5.02. The smallest absolute Gasteiger partial charge is 0.119 e. The largest absolute Gasteiger partial charge is 0.494 e. The van der Waals surface area contributed by atoms with Crippen LogP contribution in [0.2, 0.25) is 0 Å². The van der Waals surface area contributed by atoms with Crippen LogP contribution in [0.1, 0.15) is 25.3 Å². The van der Waals surface area contributed by atoms with E-state index in [4.69, 9.17) is 21.7 Å². The Balaban J connectivity index is 1.81. The molecule has 1 saturated heterocycles. The molecule has 0 radical (unpaired) electrons. The van der Waals surface area contributed by atoms with E-state index in [2.05, 4.69) is 24.0 Å². The summed E-state index contributed by atoms with van der Waals surface area (Å²) in [6, 6.07) is 8.28. The minimum atomic E-state index is 0.782. The summed E-state index contributed by atoms with van der Waals surface area (Å²) >= 11 is 5.51. The van der Waals surface area contributed by atoms with E-state index in [9.17, 15) is 0 Å². The van der Waals surface area contributed by atoms with E-state index in [0.717, 1.165) is 62.9 Å². The number of morpholine rings is 1. The molecule has 20 heavy (non-hydrogen) atoms. The van der Waals surface area contributed by atoms with Crippen LogP contribution in [0.3, 0.4) is 0 Å². The van der Waals surface area contributed by atoms with Crippen molar-refractivity contribution in [1.29, 1.82) is 0 Å². The normalized spacial score (nSPS) is 15.2. The molecule has 1 aliphatic rings. The Bertz CT molecular complexity index is 413. The van der Waals surface area contributed by atoms with E-state index in [1.165, 1.54) is 5.56 Å². The summed E-state index contributed by atoms with van der Waals surface area (Å²) in [7, 11) is 0. The SMILES string of the molecule is CCCCOc1ccc(CC(=S)N2CCOCC2)cc1. The predicted molar refractivity (Wildman–Crippen MR) is 85.5 cm³/mol. The molecule has 0 bridgehead atoms. The van der Waals surface area contributed by atoms with Crippen LogP contribution in [0.4, 0.5) is 0 Å². The van der Waals surface area contributed by atoms with Gasteiger partial charge in [-0.15, -0.1) is 0 Å². The topological polar surface area (TPSA) is 21.7 Å². The Hall–Kier alpha value is -1.13. The highest BCUT2D eigenvalue weighted by atomic mass is 32.1. The van der Waals surface area contributed by atoms with Crippen molar-refractivity contribution in [2.75, 3.05) is 32.9 Å². The fraction of sp³-hybridized carbons (Fsp3) is 0.562. The quantitative estimate of drug-likeness (QED) is 0.593. The molecule has 110 valence electrons. The van der Waals surface area contributed by atoms with E-state index in [0.29, 0.717) is 0 Å². The number of unbranched alkanes of at least 4 members (excludes halogenated alkanes) is 1. The van der Waals surface area contributed by atoms with Crippen molar-refractivity contribution in [3.05, 3.63) is 29.8 Å². The van der Waals surface area contributed by atoms with Gasteiger partial charge in [0, 0.05) is 19.5 Å². The maximum absolute atomic E-state index is 5.66. The van der Waals surface area contributed by atoms with Crippen molar-refractivity contribution < 1.29 is 9.47 Å². The molecule has 1 fully saturated rings. The third kappa shape index (κ3) is 4.76. The lowest BCUT2D eigenvalue weighted by Gasteiger charge is -2.29. The first-order valence-corrected chi connectivity index (χ1v) is 7.77. The Labute approximate surface area is 126 Å². The molecule has 0 aromatic heterocycles. The van der Waals surface area contributed by atoms with E-state index in [-0.39, 0.29) is 0 Å². The number of thiocarbonyl (C=S) groups is 1. The van der Waals surface area contributed by atoms with Gasteiger partial charge >= 0.3 is 0 Å². The van der Waals surface area contributed by atoms with Crippen molar-refractivity contribution in [2.45, 2.75) is 26.2 Å². The highest BCUT2D eigenvalue weighted by Gasteiger charge is 2.13. The molecule has 1 aromatic rings. The van der Waals surface area contributed by atoms with Crippen molar-refractivity contribution in [2.24, 2.45) is 0 Å². The molecule has 0 saturated carbocycles. The van der Waals surface area contributed by atoms with E-state index in [1.54, 1.807) is 0 Å². The maximum atomic E-state index is 5.66. The predicted octanol–water partition coefficient (Wildman–Crippen LogP) is 3.07. The van der Waals surface area contributed by atoms with E-state index in [1.807, 2.05) is 12.1 Å². The van der Waals surface area contributed by atoms with Crippen molar-refractivity contribution >= 4 is 17.2 Å². The van der Waals surface area contributed by atoms with Crippen LogP contribution in [0.5, 0.6) is 5.75 Å². The van der Waals surface area contributed by atoms with Crippen LogP contribution < -0.4 is 4.74 Å². The number of rotatable bonds is 6. The fourth-order valence-corrected chi connectivity index (χ4v) is 2.49. The third-order valence-corrected chi connectivity index (χ3v) is 3.81. The lowest BCUT2D eigenvalue weighted by Crippen LogP contribution is -2.40. The fourth-order valence-electron chi connectivity index (χ4n) is 2.14. The van der Waals surface area contributed by atoms with Crippen LogP contribution >= 0.6 is 12.2 Å². The minimum Gasteiger partial charge on any atom is -0.494 e. The van der Waals surface area contributed by atoms with Gasteiger partial charge in [0.05, 0.1) is 24.8 Å². The summed E-state index contributed by atoms with van der Waals surface area (Å²) in [4.78, 5) is 3.25. The summed E-state index contributed by atoms with van der Waals surface area (Å²) < 4.78 is 11.0. The van der Waals surface area contributed by atoms with Gasteiger partial charge in [-0.1, -0.05) is 37.7 Å². The second kappa shape index (κ2) is 8.22. The molecule has 0 spiro atoms. The number of hydrogen-bond donors (Lipinski definition) is 0. The lowest BCUT2D eigenvalue weighted by molar-refractivity contribution is 0.0685. The summed E-state index contributed by atoms with van der Waals surface area (Å²) in [6.07, 6.45) is 3.08. The molecule has 0 atom stereocenters. The minimum absolute atomic E-state index is 0.782. The van der Waals surface area contributed by atoms with Crippen LogP contribution in [0.25, 0.3) is 0 Å². The first-order valence-electron chi connectivity index (χ1n) is 7.37. The van der Waals surface area contributed by atoms with Gasteiger partial charge in [-0.3, -0.25) is 0 Å². The Morgan fingerprint density at radius 3 is 2.60 bits per heavy atom. The number of benzene rings is 1.